The fourth-order valence-electron chi connectivity index (χ4n) is 1.39. The lowest BCUT2D eigenvalue weighted by Gasteiger charge is -2.09. The van der Waals surface area contributed by atoms with Gasteiger partial charge in [-0.1, -0.05) is 11.6 Å². The summed E-state index contributed by atoms with van der Waals surface area (Å²) in [4.78, 5) is 11.0. The summed E-state index contributed by atoms with van der Waals surface area (Å²) >= 11 is 5.82. The van der Waals surface area contributed by atoms with Crippen LogP contribution in [0.15, 0.2) is 30.5 Å². The van der Waals surface area contributed by atoms with E-state index in [0.717, 1.165) is 5.56 Å². The summed E-state index contributed by atoms with van der Waals surface area (Å²) in [5.74, 6) is -0.677. The van der Waals surface area contributed by atoms with Crippen LogP contribution in [-0.4, -0.2) is 21.3 Å². The van der Waals surface area contributed by atoms with E-state index in [1.807, 2.05) is 0 Å². The van der Waals surface area contributed by atoms with E-state index in [9.17, 15) is 4.79 Å². The van der Waals surface area contributed by atoms with Gasteiger partial charge in [-0.3, -0.25) is 0 Å². The Hall–Kier alpha value is -2.14. The van der Waals surface area contributed by atoms with Gasteiger partial charge in [0.1, 0.15) is 11.3 Å². The molecule has 0 radical (unpaired) electrons. The van der Waals surface area contributed by atoms with Gasteiger partial charge in [0, 0.05) is 5.02 Å². The number of rotatable bonds is 3. The minimum Gasteiger partial charge on any atom is -0.477 e. The summed E-state index contributed by atoms with van der Waals surface area (Å²) < 4.78 is 5.44. The number of benzene rings is 1. The summed E-state index contributed by atoms with van der Waals surface area (Å²) in [5.41, 5.74) is 0.740. The van der Waals surface area contributed by atoms with Crippen molar-refractivity contribution in [2.45, 2.75) is 6.92 Å². The van der Waals surface area contributed by atoms with Crippen molar-refractivity contribution in [2.75, 3.05) is 0 Å². The number of ether oxygens (including phenoxy) is 1. The van der Waals surface area contributed by atoms with Gasteiger partial charge in [-0.05, 0) is 36.8 Å². The van der Waals surface area contributed by atoms with E-state index in [1.165, 1.54) is 12.3 Å². The quantitative estimate of drug-likeness (QED) is 0.923. The summed E-state index contributed by atoms with van der Waals surface area (Å²) in [6, 6.07) is 6.35. The summed E-state index contributed by atoms with van der Waals surface area (Å²) in [7, 11) is 0. The topological polar surface area (TPSA) is 72.3 Å². The number of aromatic nitrogens is 2. The smallest absolute Gasteiger partial charge is 0.341 e. The maximum atomic E-state index is 11.0. The van der Waals surface area contributed by atoms with Gasteiger partial charge in [-0.15, -0.1) is 5.10 Å². The lowest BCUT2D eigenvalue weighted by molar-refractivity contribution is 0.0693. The Bertz CT molecular complexity index is 602. The first-order valence-corrected chi connectivity index (χ1v) is 5.44. The SMILES string of the molecule is Cc1cc(Cl)ccc1Oc1nnccc1C(=O)O. The molecule has 0 aliphatic carbocycles. The third kappa shape index (κ3) is 2.57. The number of halogens is 1. The molecule has 1 heterocycles. The first kappa shape index (κ1) is 12.3. The monoisotopic (exact) mass is 264 g/mol. The zero-order chi connectivity index (χ0) is 13.1. The van der Waals surface area contributed by atoms with Gasteiger partial charge in [0.15, 0.2) is 0 Å². The van der Waals surface area contributed by atoms with E-state index in [2.05, 4.69) is 10.2 Å². The van der Waals surface area contributed by atoms with E-state index in [1.54, 1.807) is 25.1 Å². The highest BCUT2D eigenvalue weighted by Crippen LogP contribution is 2.27. The normalized spacial score (nSPS) is 10.1. The lowest BCUT2D eigenvalue weighted by Crippen LogP contribution is -2.03. The van der Waals surface area contributed by atoms with Crippen LogP contribution in [0, 0.1) is 6.92 Å². The van der Waals surface area contributed by atoms with Gasteiger partial charge in [0.25, 0.3) is 5.88 Å². The van der Waals surface area contributed by atoms with Gasteiger partial charge in [-0.25, -0.2) is 4.79 Å². The molecule has 0 amide bonds. The molecule has 0 bridgehead atoms. The average Bonchev–Trinajstić information content (AvgIpc) is 2.33. The molecule has 2 rings (SSSR count). The Kier molecular flexibility index (Phi) is 3.43. The number of aromatic carboxylic acids is 1. The van der Waals surface area contributed by atoms with Crippen LogP contribution in [0.1, 0.15) is 15.9 Å². The van der Waals surface area contributed by atoms with Gasteiger partial charge >= 0.3 is 5.97 Å². The van der Waals surface area contributed by atoms with E-state index in [0.29, 0.717) is 10.8 Å². The Morgan fingerprint density at radius 3 is 2.83 bits per heavy atom. The Labute approximate surface area is 108 Å². The van der Waals surface area contributed by atoms with Crippen molar-refractivity contribution < 1.29 is 14.6 Å². The van der Waals surface area contributed by atoms with Crippen molar-refractivity contribution in [3.8, 4) is 11.6 Å². The average molecular weight is 265 g/mol. The molecule has 0 atom stereocenters. The molecule has 6 heteroatoms. The zero-order valence-corrected chi connectivity index (χ0v) is 10.2. The maximum absolute atomic E-state index is 11.0. The molecule has 1 aromatic carbocycles. The van der Waals surface area contributed by atoms with Crippen LogP contribution in [0.25, 0.3) is 0 Å². The summed E-state index contributed by atoms with van der Waals surface area (Å²) in [6.07, 6.45) is 1.30. The van der Waals surface area contributed by atoms with Crippen molar-refractivity contribution >= 4 is 17.6 Å². The molecule has 0 saturated heterocycles. The van der Waals surface area contributed by atoms with Gasteiger partial charge in [0.2, 0.25) is 0 Å². The Balaban J connectivity index is 2.37. The molecule has 2 aromatic rings. The molecule has 0 fully saturated rings. The number of aryl methyl sites for hydroxylation is 1. The summed E-state index contributed by atoms with van der Waals surface area (Å²) in [6.45, 7) is 1.80. The number of hydrogen-bond acceptors (Lipinski definition) is 4. The molecular formula is C12H9ClN2O3. The van der Waals surface area contributed by atoms with Gasteiger partial charge < -0.3 is 9.84 Å². The van der Waals surface area contributed by atoms with E-state index >= 15 is 0 Å². The second kappa shape index (κ2) is 5.01. The molecule has 0 aliphatic rings. The Morgan fingerprint density at radius 2 is 2.17 bits per heavy atom. The highest BCUT2D eigenvalue weighted by atomic mass is 35.5. The number of carbonyl (C=O) groups is 1. The van der Waals surface area contributed by atoms with Crippen molar-refractivity contribution in [1.82, 2.24) is 10.2 Å². The predicted molar refractivity (Wildman–Crippen MR) is 65.3 cm³/mol. The highest BCUT2D eigenvalue weighted by molar-refractivity contribution is 6.30. The molecule has 92 valence electrons. The number of hydrogen-bond donors (Lipinski definition) is 1. The minimum absolute atomic E-state index is 0.0423. The third-order valence-corrected chi connectivity index (χ3v) is 2.50. The van der Waals surface area contributed by atoms with Crippen molar-refractivity contribution in [3.05, 3.63) is 46.6 Å². The van der Waals surface area contributed by atoms with Gasteiger partial charge in [0.05, 0.1) is 6.20 Å². The zero-order valence-electron chi connectivity index (χ0n) is 9.42. The highest BCUT2D eigenvalue weighted by Gasteiger charge is 2.14. The van der Waals surface area contributed by atoms with Crippen LogP contribution in [0.4, 0.5) is 0 Å². The van der Waals surface area contributed by atoms with Crippen molar-refractivity contribution in [1.29, 1.82) is 0 Å². The third-order valence-electron chi connectivity index (χ3n) is 2.26. The van der Waals surface area contributed by atoms with Crippen LogP contribution in [-0.2, 0) is 0 Å². The maximum Gasteiger partial charge on any atom is 0.341 e. The fourth-order valence-corrected chi connectivity index (χ4v) is 1.62. The molecule has 1 N–H and O–H groups in total. The van der Waals surface area contributed by atoms with Crippen LogP contribution in [0.3, 0.4) is 0 Å². The summed E-state index contributed by atoms with van der Waals surface area (Å²) in [5, 5.41) is 16.8. The second-order valence-corrected chi connectivity index (χ2v) is 4.00. The first-order valence-electron chi connectivity index (χ1n) is 5.07. The van der Waals surface area contributed by atoms with Crippen LogP contribution in [0.2, 0.25) is 5.02 Å². The van der Waals surface area contributed by atoms with Crippen LogP contribution in [0.5, 0.6) is 11.6 Å². The largest absolute Gasteiger partial charge is 0.477 e. The van der Waals surface area contributed by atoms with Crippen LogP contribution < -0.4 is 4.74 Å². The van der Waals surface area contributed by atoms with E-state index < -0.39 is 5.97 Å². The molecule has 5 nitrogen and oxygen atoms in total. The minimum atomic E-state index is -1.12. The lowest BCUT2D eigenvalue weighted by atomic mass is 10.2. The number of carboxylic acid groups (broad SMARTS) is 1. The molecule has 0 saturated carbocycles. The molecule has 0 aliphatic heterocycles. The fraction of sp³-hybridized carbons (Fsp3) is 0.0833. The predicted octanol–water partition coefficient (Wildman–Crippen LogP) is 2.93. The number of nitrogens with zero attached hydrogens (tertiary/aromatic N) is 2. The molecular weight excluding hydrogens is 256 g/mol. The molecule has 0 unspecified atom stereocenters. The van der Waals surface area contributed by atoms with Crippen molar-refractivity contribution in [3.63, 3.8) is 0 Å². The first-order chi connectivity index (χ1) is 8.58. The standard InChI is InChI=1S/C12H9ClN2O3/c1-7-6-8(13)2-3-10(7)18-11-9(12(16)17)4-5-14-15-11/h2-6H,1H3,(H,16,17). The molecule has 1 aromatic heterocycles. The Morgan fingerprint density at radius 1 is 1.39 bits per heavy atom. The van der Waals surface area contributed by atoms with E-state index in [-0.39, 0.29) is 11.4 Å². The van der Waals surface area contributed by atoms with Gasteiger partial charge in [-0.2, -0.15) is 5.10 Å². The van der Waals surface area contributed by atoms with Crippen LogP contribution >= 0.6 is 11.6 Å². The van der Waals surface area contributed by atoms with Crippen molar-refractivity contribution in [2.24, 2.45) is 0 Å². The second-order valence-electron chi connectivity index (χ2n) is 3.57. The molecule has 18 heavy (non-hydrogen) atoms. The number of carboxylic acids is 1. The molecule has 0 spiro atoms. The van der Waals surface area contributed by atoms with E-state index in [4.69, 9.17) is 21.4 Å².